The largest absolute Gasteiger partial charge is 0.393 e. The van der Waals surface area contributed by atoms with Crippen LogP contribution in [0.5, 0.6) is 0 Å². The highest BCUT2D eigenvalue weighted by molar-refractivity contribution is 5.38. The topological polar surface area (TPSA) is 40.5 Å². The van der Waals surface area contributed by atoms with Crippen LogP contribution in [0.4, 0.5) is 0 Å². The standard InChI is InChI=1S/C28H46O2/c1-18(2)19(3)9-10-20(4)25-13-14-26-22(8-7-15-28(25,26)6)11-12-23-16-24(29)17-27(30)21(23)5/h11-12,18-20,24-27,29-30H,5,7-10,13-17H2,1-4,6H3/b22-11+,23-12-/t19-,20+,24+,25?,26?,27-,28+/m0/s1. The van der Waals surface area contributed by atoms with Crippen molar-refractivity contribution in [3.05, 3.63) is 35.5 Å². The monoisotopic (exact) mass is 414 g/mol. The summed E-state index contributed by atoms with van der Waals surface area (Å²) < 4.78 is 0. The van der Waals surface area contributed by atoms with Gasteiger partial charge in [0, 0.05) is 6.42 Å². The molecule has 3 rings (SSSR count). The number of fused-ring (bicyclic) bond motifs is 1. The van der Waals surface area contributed by atoms with Crippen LogP contribution in [-0.2, 0) is 0 Å². The van der Waals surface area contributed by atoms with E-state index in [0.717, 1.165) is 34.8 Å². The van der Waals surface area contributed by atoms with Gasteiger partial charge in [-0.15, -0.1) is 0 Å². The fraction of sp³-hybridized carbons (Fsp3) is 0.786. The average Bonchev–Trinajstić information content (AvgIpc) is 3.04. The van der Waals surface area contributed by atoms with Crippen molar-refractivity contribution >= 4 is 0 Å². The van der Waals surface area contributed by atoms with Crippen molar-refractivity contribution in [1.29, 1.82) is 0 Å². The van der Waals surface area contributed by atoms with Crippen molar-refractivity contribution in [2.24, 2.45) is 35.0 Å². The van der Waals surface area contributed by atoms with Crippen molar-refractivity contribution in [3.63, 3.8) is 0 Å². The molecule has 2 nitrogen and oxygen atoms in total. The maximum atomic E-state index is 10.1. The van der Waals surface area contributed by atoms with Gasteiger partial charge in [-0.2, -0.15) is 0 Å². The van der Waals surface area contributed by atoms with E-state index >= 15 is 0 Å². The summed E-state index contributed by atoms with van der Waals surface area (Å²) in [5.74, 6) is 3.95. The molecule has 0 amide bonds. The third kappa shape index (κ3) is 4.96. The third-order valence-corrected chi connectivity index (χ3v) is 9.20. The van der Waals surface area contributed by atoms with Gasteiger partial charge < -0.3 is 10.2 Å². The fourth-order valence-electron chi connectivity index (χ4n) is 6.74. The first-order valence-corrected chi connectivity index (χ1v) is 12.6. The summed E-state index contributed by atoms with van der Waals surface area (Å²) in [5, 5.41) is 20.2. The Morgan fingerprint density at radius 3 is 2.53 bits per heavy atom. The highest BCUT2D eigenvalue weighted by Gasteiger charge is 2.50. The van der Waals surface area contributed by atoms with Crippen molar-refractivity contribution in [2.75, 3.05) is 0 Å². The van der Waals surface area contributed by atoms with Crippen molar-refractivity contribution in [2.45, 2.75) is 105 Å². The number of allylic oxidation sites excluding steroid dienone is 3. The molecular formula is C28H46O2. The molecule has 2 N–H and O–H groups in total. The van der Waals surface area contributed by atoms with Gasteiger partial charge in [0.1, 0.15) is 0 Å². The Balaban J connectivity index is 1.72. The summed E-state index contributed by atoms with van der Waals surface area (Å²) >= 11 is 0. The van der Waals surface area contributed by atoms with Gasteiger partial charge in [-0.3, -0.25) is 0 Å². The van der Waals surface area contributed by atoms with Gasteiger partial charge in [0.25, 0.3) is 0 Å². The molecule has 0 saturated heterocycles. The Morgan fingerprint density at radius 2 is 1.83 bits per heavy atom. The van der Waals surface area contributed by atoms with E-state index in [-0.39, 0.29) is 0 Å². The lowest BCUT2D eigenvalue weighted by Crippen LogP contribution is -2.36. The molecule has 30 heavy (non-hydrogen) atoms. The van der Waals surface area contributed by atoms with Gasteiger partial charge in [-0.25, -0.2) is 0 Å². The van der Waals surface area contributed by atoms with E-state index in [1.807, 2.05) is 0 Å². The van der Waals surface area contributed by atoms with Crippen LogP contribution in [0.1, 0.15) is 92.4 Å². The smallest absolute Gasteiger partial charge is 0.0811 e. The predicted octanol–water partition coefficient (Wildman–Crippen LogP) is 6.84. The molecule has 3 saturated carbocycles. The molecule has 0 heterocycles. The molecule has 3 fully saturated rings. The maximum Gasteiger partial charge on any atom is 0.0811 e. The Hall–Kier alpha value is -0.860. The number of aliphatic hydroxyl groups is 2. The fourth-order valence-corrected chi connectivity index (χ4v) is 6.74. The molecule has 0 aromatic rings. The van der Waals surface area contributed by atoms with Crippen LogP contribution in [0.25, 0.3) is 0 Å². The summed E-state index contributed by atoms with van der Waals surface area (Å²) in [4.78, 5) is 0. The van der Waals surface area contributed by atoms with Gasteiger partial charge in [0.15, 0.2) is 0 Å². The number of hydrogen-bond donors (Lipinski definition) is 2. The zero-order valence-electron chi connectivity index (χ0n) is 20.2. The normalized spacial score (nSPS) is 39.5. The highest BCUT2D eigenvalue weighted by atomic mass is 16.3. The molecule has 2 unspecified atom stereocenters. The van der Waals surface area contributed by atoms with E-state index in [4.69, 9.17) is 0 Å². The first kappa shape index (κ1) is 23.8. The van der Waals surface area contributed by atoms with Crippen LogP contribution in [0.3, 0.4) is 0 Å². The second-order valence-corrected chi connectivity index (χ2v) is 11.4. The highest BCUT2D eigenvalue weighted by Crippen LogP contribution is 2.60. The second kappa shape index (κ2) is 9.74. The van der Waals surface area contributed by atoms with Gasteiger partial charge in [0.2, 0.25) is 0 Å². The first-order chi connectivity index (χ1) is 14.1. The summed E-state index contributed by atoms with van der Waals surface area (Å²) in [6, 6.07) is 0. The lowest BCUT2D eigenvalue weighted by molar-refractivity contribution is 0.0861. The van der Waals surface area contributed by atoms with E-state index in [0.29, 0.717) is 24.2 Å². The molecule has 170 valence electrons. The van der Waals surface area contributed by atoms with Crippen molar-refractivity contribution in [3.8, 4) is 0 Å². The molecule has 0 aromatic carbocycles. The summed E-state index contributed by atoms with van der Waals surface area (Å²) in [5.41, 5.74) is 3.87. The molecule has 0 radical (unpaired) electrons. The summed E-state index contributed by atoms with van der Waals surface area (Å²) in [7, 11) is 0. The van der Waals surface area contributed by atoms with E-state index in [9.17, 15) is 10.2 Å². The molecule has 2 heteroatoms. The van der Waals surface area contributed by atoms with Crippen LogP contribution in [0.2, 0.25) is 0 Å². The number of aliphatic hydroxyl groups excluding tert-OH is 2. The minimum Gasteiger partial charge on any atom is -0.393 e. The Labute approximate surface area is 185 Å². The van der Waals surface area contributed by atoms with E-state index in [1.54, 1.807) is 5.57 Å². The molecule has 3 aliphatic rings. The van der Waals surface area contributed by atoms with Crippen LogP contribution in [-0.4, -0.2) is 22.4 Å². The Morgan fingerprint density at radius 1 is 1.10 bits per heavy atom. The quantitative estimate of drug-likeness (QED) is 0.500. The molecule has 0 aliphatic heterocycles. The Kier molecular flexibility index (Phi) is 7.72. The number of hydrogen-bond acceptors (Lipinski definition) is 2. The van der Waals surface area contributed by atoms with Crippen LogP contribution in [0.15, 0.2) is 35.5 Å². The first-order valence-electron chi connectivity index (χ1n) is 12.6. The molecule has 0 bridgehead atoms. The Bertz CT molecular complexity index is 672. The summed E-state index contributed by atoms with van der Waals surface area (Å²) in [6.45, 7) is 16.3. The van der Waals surface area contributed by atoms with E-state index < -0.39 is 12.2 Å². The molecule has 3 aliphatic carbocycles. The van der Waals surface area contributed by atoms with Crippen LogP contribution in [0, 0.1) is 35.0 Å². The second-order valence-electron chi connectivity index (χ2n) is 11.4. The van der Waals surface area contributed by atoms with Gasteiger partial charge >= 0.3 is 0 Å². The maximum absolute atomic E-state index is 10.1. The minimum absolute atomic E-state index is 0.419. The average molecular weight is 415 g/mol. The van der Waals surface area contributed by atoms with E-state index in [2.05, 4.69) is 53.3 Å². The molecular weight excluding hydrogens is 368 g/mol. The third-order valence-electron chi connectivity index (χ3n) is 9.20. The molecule has 0 spiro atoms. The number of rotatable bonds is 6. The zero-order valence-corrected chi connectivity index (χ0v) is 20.2. The SMILES string of the molecule is C=C1/C(=C\C=C2/CCC[C@@]3(C)C2CCC3[C@H](C)CC[C@H](C)C(C)C)C[C@@H](O)C[C@@H]1O. The summed E-state index contributed by atoms with van der Waals surface area (Å²) in [6.07, 6.45) is 13.8. The lowest BCUT2D eigenvalue weighted by Gasteiger charge is -2.44. The van der Waals surface area contributed by atoms with Gasteiger partial charge in [-0.1, -0.05) is 71.8 Å². The molecule has 0 aromatic heterocycles. The van der Waals surface area contributed by atoms with E-state index in [1.165, 1.54) is 44.9 Å². The van der Waals surface area contributed by atoms with Crippen LogP contribution < -0.4 is 0 Å². The van der Waals surface area contributed by atoms with Crippen molar-refractivity contribution < 1.29 is 10.2 Å². The van der Waals surface area contributed by atoms with Gasteiger partial charge in [-0.05, 0) is 84.7 Å². The zero-order chi connectivity index (χ0) is 22.1. The minimum atomic E-state index is -0.597. The molecule has 7 atom stereocenters. The lowest BCUT2D eigenvalue weighted by atomic mass is 9.60. The van der Waals surface area contributed by atoms with Crippen molar-refractivity contribution in [1.82, 2.24) is 0 Å². The van der Waals surface area contributed by atoms with Crippen LogP contribution >= 0.6 is 0 Å². The van der Waals surface area contributed by atoms with Gasteiger partial charge in [0.05, 0.1) is 12.2 Å². The predicted molar refractivity (Wildman–Crippen MR) is 127 cm³/mol.